The Balaban J connectivity index is 1.35. The zero-order valence-electron chi connectivity index (χ0n) is 14.0. The number of hydrogen-bond donors (Lipinski definition) is 0. The number of rotatable bonds is 4. The number of fused-ring (bicyclic) bond motifs is 1. The van der Waals surface area contributed by atoms with Crippen molar-refractivity contribution in [1.29, 1.82) is 0 Å². The van der Waals surface area contributed by atoms with Gasteiger partial charge in [-0.1, -0.05) is 0 Å². The second kappa shape index (κ2) is 6.57. The van der Waals surface area contributed by atoms with Crippen LogP contribution < -0.4 is 4.90 Å². The van der Waals surface area contributed by atoms with E-state index >= 15 is 0 Å². The lowest BCUT2D eigenvalue weighted by Gasteiger charge is -2.36. The van der Waals surface area contributed by atoms with E-state index in [0.717, 1.165) is 50.0 Å². The van der Waals surface area contributed by atoms with Gasteiger partial charge in [-0.2, -0.15) is 5.10 Å². The molecule has 3 aromatic rings. The number of aromatic nitrogens is 4. The molecule has 1 aromatic carbocycles. The Kier molecular flexibility index (Phi) is 4.13. The predicted molar refractivity (Wildman–Crippen MR) is 95.1 cm³/mol. The van der Waals surface area contributed by atoms with Crippen LogP contribution in [0.15, 0.2) is 43.0 Å². The summed E-state index contributed by atoms with van der Waals surface area (Å²) in [6.45, 7) is 5.41. The van der Waals surface area contributed by atoms with Crippen LogP contribution in [0.4, 0.5) is 5.69 Å². The summed E-state index contributed by atoms with van der Waals surface area (Å²) in [5.74, 6) is 0. The summed E-state index contributed by atoms with van der Waals surface area (Å²) in [7, 11) is 2.01. The number of anilines is 1. The minimum absolute atomic E-state index is 1.00. The van der Waals surface area contributed by atoms with Crippen LogP contribution in [-0.4, -0.2) is 57.4 Å². The van der Waals surface area contributed by atoms with Gasteiger partial charge in [0, 0.05) is 75.4 Å². The van der Waals surface area contributed by atoms with Crippen LogP contribution in [0.5, 0.6) is 0 Å². The van der Waals surface area contributed by atoms with E-state index in [9.17, 15) is 0 Å². The first-order valence-electron chi connectivity index (χ1n) is 8.43. The Morgan fingerprint density at radius 3 is 2.75 bits per heavy atom. The Morgan fingerprint density at radius 2 is 1.96 bits per heavy atom. The summed E-state index contributed by atoms with van der Waals surface area (Å²) >= 11 is 0. The van der Waals surface area contributed by atoms with Crippen LogP contribution in [-0.2, 0) is 13.5 Å². The lowest BCUT2D eigenvalue weighted by atomic mass is 10.2. The van der Waals surface area contributed by atoms with Crippen molar-refractivity contribution < 1.29 is 0 Å². The molecule has 1 aliphatic rings. The number of nitrogens with zero attached hydrogens (tertiary/aromatic N) is 6. The molecular weight excluding hydrogens is 300 g/mol. The molecule has 4 rings (SSSR count). The fourth-order valence-corrected chi connectivity index (χ4v) is 3.32. The van der Waals surface area contributed by atoms with Gasteiger partial charge in [-0.3, -0.25) is 9.58 Å². The maximum Gasteiger partial charge on any atom is 0.116 e. The van der Waals surface area contributed by atoms with Gasteiger partial charge in [-0.25, -0.2) is 9.97 Å². The van der Waals surface area contributed by atoms with Crippen molar-refractivity contribution in [1.82, 2.24) is 24.6 Å². The molecule has 124 valence electrons. The minimum atomic E-state index is 1.00. The van der Waals surface area contributed by atoms with Crippen molar-refractivity contribution >= 4 is 16.6 Å². The van der Waals surface area contributed by atoms with E-state index in [4.69, 9.17) is 0 Å². The number of benzene rings is 1. The third-order valence-corrected chi connectivity index (χ3v) is 4.83. The molecule has 6 nitrogen and oxygen atoms in total. The van der Waals surface area contributed by atoms with Crippen molar-refractivity contribution in [2.45, 2.75) is 6.42 Å². The predicted octanol–water partition coefficient (Wildman–Crippen LogP) is 1.73. The van der Waals surface area contributed by atoms with Gasteiger partial charge < -0.3 is 4.90 Å². The maximum atomic E-state index is 4.29. The second-order valence-electron chi connectivity index (χ2n) is 6.29. The largest absolute Gasteiger partial charge is 0.369 e. The molecule has 0 unspecified atom stereocenters. The highest BCUT2D eigenvalue weighted by molar-refractivity contribution is 5.81. The Hall–Kier alpha value is -2.47. The fraction of sp³-hybridized carbons (Fsp3) is 0.389. The average molecular weight is 322 g/mol. The number of piperazine rings is 1. The molecule has 0 spiro atoms. The normalized spacial score (nSPS) is 16.0. The van der Waals surface area contributed by atoms with Gasteiger partial charge in [-0.05, 0) is 24.3 Å². The van der Waals surface area contributed by atoms with Crippen LogP contribution in [0.1, 0.15) is 5.69 Å². The lowest BCUT2D eigenvalue weighted by Crippen LogP contribution is -2.47. The van der Waals surface area contributed by atoms with E-state index in [1.165, 1.54) is 11.4 Å². The van der Waals surface area contributed by atoms with Crippen molar-refractivity contribution in [3.8, 4) is 0 Å². The zero-order valence-corrected chi connectivity index (χ0v) is 14.0. The Morgan fingerprint density at radius 1 is 1.08 bits per heavy atom. The van der Waals surface area contributed by atoms with Crippen LogP contribution in [0.2, 0.25) is 0 Å². The first kappa shape index (κ1) is 15.1. The third kappa shape index (κ3) is 3.10. The molecule has 0 atom stereocenters. The van der Waals surface area contributed by atoms with Crippen LogP contribution >= 0.6 is 0 Å². The molecule has 0 bridgehead atoms. The average Bonchev–Trinajstić information content (AvgIpc) is 3.05. The molecule has 1 fully saturated rings. The first-order chi connectivity index (χ1) is 11.8. The van der Waals surface area contributed by atoms with Crippen LogP contribution in [0, 0.1) is 0 Å². The van der Waals surface area contributed by atoms with Gasteiger partial charge in [0.25, 0.3) is 0 Å². The summed E-state index contributed by atoms with van der Waals surface area (Å²) in [6.07, 6.45) is 6.42. The van der Waals surface area contributed by atoms with Crippen molar-refractivity contribution in [3.05, 3.63) is 48.7 Å². The van der Waals surface area contributed by atoms with Gasteiger partial charge in [-0.15, -0.1) is 0 Å². The minimum Gasteiger partial charge on any atom is -0.369 e. The van der Waals surface area contributed by atoms with Gasteiger partial charge in [0.15, 0.2) is 0 Å². The first-order valence-corrected chi connectivity index (χ1v) is 8.43. The summed E-state index contributed by atoms with van der Waals surface area (Å²) in [5, 5.41) is 5.34. The highest BCUT2D eigenvalue weighted by Gasteiger charge is 2.17. The molecular formula is C18H22N6. The summed E-state index contributed by atoms with van der Waals surface area (Å²) in [4.78, 5) is 13.4. The van der Waals surface area contributed by atoms with Crippen LogP contribution in [0.25, 0.3) is 10.9 Å². The van der Waals surface area contributed by atoms with Crippen molar-refractivity contribution in [3.63, 3.8) is 0 Å². The van der Waals surface area contributed by atoms with Crippen molar-refractivity contribution in [2.75, 3.05) is 37.6 Å². The van der Waals surface area contributed by atoms with Gasteiger partial charge >= 0.3 is 0 Å². The maximum absolute atomic E-state index is 4.29. The molecule has 0 saturated carbocycles. The topological polar surface area (TPSA) is 50.1 Å². The van der Waals surface area contributed by atoms with E-state index in [-0.39, 0.29) is 0 Å². The van der Waals surface area contributed by atoms with Gasteiger partial charge in [0.1, 0.15) is 6.33 Å². The molecule has 0 aliphatic carbocycles. The summed E-state index contributed by atoms with van der Waals surface area (Å²) in [5.41, 5.74) is 3.57. The highest BCUT2D eigenvalue weighted by Crippen LogP contribution is 2.21. The third-order valence-electron chi connectivity index (χ3n) is 4.83. The standard InChI is InChI=1S/C18H22N6/c1-22-16(4-6-21-22)5-7-23-8-10-24(11-9-23)17-2-3-18-15(12-17)13-19-14-20-18/h2-4,6,12-14H,5,7-11H2,1H3. The highest BCUT2D eigenvalue weighted by atomic mass is 15.3. The Bertz CT molecular complexity index is 819. The van der Waals surface area contributed by atoms with E-state index in [0.29, 0.717) is 0 Å². The molecule has 6 heteroatoms. The monoisotopic (exact) mass is 322 g/mol. The van der Waals surface area contributed by atoms with Crippen LogP contribution in [0.3, 0.4) is 0 Å². The molecule has 0 N–H and O–H groups in total. The van der Waals surface area contributed by atoms with Crippen molar-refractivity contribution in [2.24, 2.45) is 7.05 Å². The Labute approximate surface area is 141 Å². The molecule has 3 heterocycles. The molecule has 0 radical (unpaired) electrons. The van der Waals surface area contributed by atoms with E-state index in [1.54, 1.807) is 6.33 Å². The van der Waals surface area contributed by atoms with E-state index < -0.39 is 0 Å². The lowest BCUT2D eigenvalue weighted by molar-refractivity contribution is 0.259. The van der Waals surface area contributed by atoms with E-state index in [1.807, 2.05) is 24.1 Å². The fourth-order valence-electron chi connectivity index (χ4n) is 3.32. The molecule has 24 heavy (non-hydrogen) atoms. The smallest absolute Gasteiger partial charge is 0.116 e. The molecule has 1 saturated heterocycles. The van der Waals surface area contributed by atoms with Gasteiger partial charge in [0.2, 0.25) is 0 Å². The molecule has 2 aromatic heterocycles. The van der Waals surface area contributed by atoms with E-state index in [2.05, 4.69) is 49.1 Å². The molecule has 1 aliphatic heterocycles. The summed E-state index contributed by atoms with van der Waals surface area (Å²) in [6, 6.07) is 8.55. The second-order valence-corrected chi connectivity index (χ2v) is 6.29. The number of aryl methyl sites for hydroxylation is 1. The SMILES string of the molecule is Cn1nccc1CCN1CCN(c2ccc3ncncc3c2)CC1. The summed E-state index contributed by atoms with van der Waals surface area (Å²) < 4.78 is 1.97. The zero-order chi connectivity index (χ0) is 16.4. The van der Waals surface area contributed by atoms with Gasteiger partial charge in [0.05, 0.1) is 5.52 Å². The number of hydrogen-bond acceptors (Lipinski definition) is 5. The quantitative estimate of drug-likeness (QED) is 0.732. The molecule has 0 amide bonds.